The lowest BCUT2D eigenvalue weighted by Gasteiger charge is -2.20. The van der Waals surface area contributed by atoms with E-state index in [1.165, 1.54) is 0 Å². The summed E-state index contributed by atoms with van der Waals surface area (Å²) in [7, 11) is 0. The zero-order valence-corrected chi connectivity index (χ0v) is 7.80. The lowest BCUT2D eigenvalue weighted by molar-refractivity contribution is -0.121. The Morgan fingerprint density at radius 2 is 2.27 bits per heavy atom. The fraction of sp³-hybridized carbons (Fsp3) is 0.444. The van der Waals surface area contributed by atoms with Crippen LogP contribution in [0.2, 0.25) is 0 Å². The molecular weight excluding hydrogens is 206 g/mol. The molecule has 1 fully saturated rings. The number of carbonyl (C=O) groups excluding carboxylic acids is 1. The number of hydrogen-bond donors (Lipinski definition) is 2. The minimum absolute atomic E-state index is 0.0330. The van der Waals surface area contributed by atoms with Gasteiger partial charge in [0.15, 0.2) is 0 Å². The van der Waals surface area contributed by atoms with Crippen LogP contribution in [0.15, 0.2) is 23.4 Å². The summed E-state index contributed by atoms with van der Waals surface area (Å²) < 4.78 is 31.3. The standard InChI is InChI=1S/C9H10F2N2O2/c10-4-1-5(11)8-7(2-4)15-3-6(12)9(14)13-8/h1,6-7H,2-3,12H2,(H,13,14)/t6-,7?/m0/s1. The minimum Gasteiger partial charge on any atom is -0.369 e. The number of amides is 1. The van der Waals surface area contributed by atoms with Crippen LogP contribution in [0.4, 0.5) is 8.78 Å². The molecule has 3 N–H and O–H groups in total. The van der Waals surface area contributed by atoms with E-state index in [1.807, 2.05) is 0 Å². The Kier molecular flexibility index (Phi) is 2.54. The van der Waals surface area contributed by atoms with Crippen molar-refractivity contribution in [3.8, 4) is 0 Å². The van der Waals surface area contributed by atoms with Gasteiger partial charge in [-0.3, -0.25) is 4.79 Å². The van der Waals surface area contributed by atoms with Crippen LogP contribution in [-0.4, -0.2) is 24.7 Å². The molecule has 1 aliphatic heterocycles. The summed E-state index contributed by atoms with van der Waals surface area (Å²) in [4.78, 5) is 11.3. The number of hydrogen-bond acceptors (Lipinski definition) is 3. The highest BCUT2D eigenvalue weighted by molar-refractivity contribution is 5.84. The number of nitrogens with two attached hydrogens (primary N) is 1. The van der Waals surface area contributed by atoms with Gasteiger partial charge in [-0.2, -0.15) is 0 Å². The van der Waals surface area contributed by atoms with E-state index < -0.39 is 29.7 Å². The SMILES string of the molecule is N[C@H]1COC2CC(F)=CC(F)=C2NC1=O. The minimum atomic E-state index is -0.848. The van der Waals surface area contributed by atoms with E-state index in [4.69, 9.17) is 10.5 Å². The van der Waals surface area contributed by atoms with Crippen molar-refractivity contribution in [3.05, 3.63) is 23.4 Å². The van der Waals surface area contributed by atoms with E-state index >= 15 is 0 Å². The Labute approximate surface area is 84.8 Å². The first kappa shape index (κ1) is 10.3. The molecule has 1 amide bonds. The number of fused-ring (bicyclic) bond motifs is 1. The first-order valence-corrected chi connectivity index (χ1v) is 4.51. The van der Waals surface area contributed by atoms with Crippen molar-refractivity contribution in [1.82, 2.24) is 5.32 Å². The predicted octanol–water partition coefficient (Wildman–Crippen LogP) is 0.267. The van der Waals surface area contributed by atoms with Crippen LogP contribution in [0.5, 0.6) is 0 Å². The van der Waals surface area contributed by atoms with E-state index in [0.29, 0.717) is 0 Å². The largest absolute Gasteiger partial charge is 0.369 e. The number of carbonyl (C=O) groups is 1. The van der Waals surface area contributed by atoms with Crippen molar-refractivity contribution in [2.24, 2.45) is 5.73 Å². The van der Waals surface area contributed by atoms with Gasteiger partial charge in [0.2, 0.25) is 5.91 Å². The predicted molar refractivity (Wildman–Crippen MR) is 47.8 cm³/mol. The number of nitrogens with one attached hydrogen (secondary N) is 1. The molecule has 0 aromatic carbocycles. The molecule has 15 heavy (non-hydrogen) atoms. The number of halogens is 2. The highest BCUT2D eigenvalue weighted by Gasteiger charge is 2.32. The second-order valence-electron chi connectivity index (χ2n) is 3.47. The van der Waals surface area contributed by atoms with Gasteiger partial charge in [-0.05, 0) is 0 Å². The molecule has 2 aliphatic rings. The van der Waals surface area contributed by atoms with Gasteiger partial charge >= 0.3 is 0 Å². The fourth-order valence-corrected chi connectivity index (χ4v) is 1.51. The molecule has 2 rings (SSSR count). The van der Waals surface area contributed by atoms with Crippen LogP contribution in [0, 0.1) is 0 Å². The molecule has 6 heteroatoms. The maximum atomic E-state index is 13.3. The molecule has 1 aliphatic carbocycles. The van der Waals surface area contributed by atoms with Crippen molar-refractivity contribution in [1.29, 1.82) is 0 Å². The summed E-state index contributed by atoms with van der Waals surface area (Å²) in [6.45, 7) is -0.0411. The smallest absolute Gasteiger partial charge is 0.243 e. The van der Waals surface area contributed by atoms with Gasteiger partial charge < -0.3 is 15.8 Å². The van der Waals surface area contributed by atoms with E-state index in [2.05, 4.69) is 5.32 Å². The molecule has 1 heterocycles. The summed E-state index contributed by atoms with van der Waals surface area (Å²) in [5, 5.41) is 2.31. The third kappa shape index (κ3) is 1.91. The molecule has 0 spiro atoms. The van der Waals surface area contributed by atoms with Crippen molar-refractivity contribution in [3.63, 3.8) is 0 Å². The molecule has 82 valence electrons. The van der Waals surface area contributed by atoms with Gasteiger partial charge in [-0.15, -0.1) is 0 Å². The summed E-state index contributed by atoms with van der Waals surface area (Å²) in [6, 6.07) is -0.848. The lowest BCUT2D eigenvalue weighted by atomic mass is 10.1. The number of rotatable bonds is 0. The monoisotopic (exact) mass is 216 g/mol. The molecule has 0 bridgehead atoms. The van der Waals surface area contributed by atoms with Crippen LogP contribution in [0.3, 0.4) is 0 Å². The Hall–Kier alpha value is -1.27. The highest BCUT2D eigenvalue weighted by atomic mass is 19.1. The Morgan fingerprint density at radius 1 is 1.53 bits per heavy atom. The summed E-state index contributed by atoms with van der Waals surface area (Å²) in [5.74, 6) is -1.93. The Balaban J connectivity index is 2.31. The molecular formula is C9H10F2N2O2. The molecule has 0 radical (unpaired) electrons. The van der Waals surface area contributed by atoms with Crippen molar-refractivity contribution in [2.75, 3.05) is 6.61 Å². The van der Waals surface area contributed by atoms with Gasteiger partial charge in [-0.1, -0.05) is 0 Å². The normalized spacial score (nSPS) is 31.7. The van der Waals surface area contributed by atoms with Crippen molar-refractivity contribution in [2.45, 2.75) is 18.6 Å². The molecule has 0 saturated carbocycles. The highest BCUT2D eigenvalue weighted by Crippen LogP contribution is 2.27. The van der Waals surface area contributed by atoms with E-state index in [-0.39, 0.29) is 18.7 Å². The third-order valence-corrected chi connectivity index (χ3v) is 2.31. The first-order valence-electron chi connectivity index (χ1n) is 4.51. The van der Waals surface area contributed by atoms with Gasteiger partial charge in [0.1, 0.15) is 23.8 Å². The van der Waals surface area contributed by atoms with E-state index in [1.54, 1.807) is 0 Å². The fourth-order valence-electron chi connectivity index (χ4n) is 1.51. The first-order chi connectivity index (χ1) is 7.08. The average Bonchev–Trinajstić information content (AvgIpc) is 2.30. The third-order valence-electron chi connectivity index (χ3n) is 2.31. The molecule has 2 atom stereocenters. The molecule has 1 unspecified atom stereocenters. The van der Waals surface area contributed by atoms with Gasteiger partial charge in [-0.25, -0.2) is 8.78 Å². The number of ether oxygens (including phenoxy) is 1. The van der Waals surface area contributed by atoms with Gasteiger partial charge in [0.25, 0.3) is 0 Å². The van der Waals surface area contributed by atoms with E-state index in [9.17, 15) is 13.6 Å². The van der Waals surface area contributed by atoms with Gasteiger partial charge in [0.05, 0.1) is 12.3 Å². The summed E-state index contributed by atoms with van der Waals surface area (Å²) >= 11 is 0. The van der Waals surface area contributed by atoms with Gasteiger partial charge in [0, 0.05) is 12.5 Å². The van der Waals surface area contributed by atoms with Crippen LogP contribution >= 0.6 is 0 Å². The van der Waals surface area contributed by atoms with E-state index in [0.717, 1.165) is 6.08 Å². The quantitative estimate of drug-likeness (QED) is 0.610. The second kappa shape index (κ2) is 3.71. The summed E-state index contributed by atoms with van der Waals surface area (Å²) in [5.41, 5.74) is 5.39. The topological polar surface area (TPSA) is 64.3 Å². The zero-order valence-electron chi connectivity index (χ0n) is 7.80. The molecule has 0 aromatic rings. The lowest BCUT2D eigenvalue weighted by Crippen LogP contribution is -2.40. The Bertz CT molecular complexity index is 365. The molecule has 0 aromatic heterocycles. The maximum Gasteiger partial charge on any atom is 0.243 e. The average molecular weight is 216 g/mol. The zero-order chi connectivity index (χ0) is 11.0. The van der Waals surface area contributed by atoms with Crippen molar-refractivity contribution < 1.29 is 18.3 Å². The van der Waals surface area contributed by atoms with Crippen LogP contribution in [-0.2, 0) is 9.53 Å². The second-order valence-corrected chi connectivity index (χ2v) is 3.47. The maximum absolute atomic E-state index is 13.3. The van der Waals surface area contributed by atoms with Crippen molar-refractivity contribution >= 4 is 5.91 Å². The van der Waals surface area contributed by atoms with Crippen LogP contribution in [0.1, 0.15) is 6.42 Å². The van der Waals surface area contributed by atoms with Crippen LogP contribution in [0.25, 0.3) is 0 Å². The number of allylic oxidation sites excluding steroid dienone is 2. The molecule has 4 nitrogen and oxygen atoms in total. The van der Waals surface area contributed by atoms with Crippen LogP contribution < -0.4 is 11.1 Å². The Morgan fingerprint density at radius 3 is 3.00 bits per heavy atom. The molecule has 1 saturated heterocycles. The summed E-state index contributed by atoms with van der Waals surface area (Å²) in [6.07, 6.45) is -0.116.